The summed E-state index contributed by atoms with van der Waals surface area (Å²) in [6.07, 6.45) is 4.37. The summed E-state index contributed by atoms with van der Waals surface area (Å²) in [5.41, 5.74) is 0. The third kappa shape index (κ3) is 3.45. The number of ether oxygens (including phenoxy) is 1. The van der Waals surface area contributed by atoms with Gasteiger partial charge in [-0.15, -0.1) is 0 Å². The summed E-state index contributed by atoms with van der Waals surface area (Å²) in [7, 11) is 2.21. The SMILES string of the molecule is CCOCCC(=O)N1C[C@H]2CCC[C@@H](C1)N(C)C2. The number of carbonyl (C=O) groups excluding carboxylic acids is 1. The highest BCUT2D eigenvalue weighted by molar-refractivity contribution is 5.76. The predicted octanol–water partition coefficient (Wildman–Crippen LogP) is 1.36. The Kier molecular flexibility index (Phi) is 5.01. The number of likely N-dealkylation sites (N-methyl/N-ethyl adjacent to an activating group) is 1. The first-order valence-corrected chi connectivity index (χ1v) is 7.26. The molecule has 4 heteroatoms. The largest absolute Gasteiger partial charge is 0.381 e. The van der Waals surface area contributed by atoms with Crippen molar-refractivity contribution in [3.8, 4) is 0 Å². The van der Waals surface area contributed by atoms with E-state index in [-0.39, 0.29) is 5.91 Å². The molecule has 0 aromatic rings. The molecule has 1 amide bonds. The molecule has 2 saturated heterocycles. The lowest BCUT2D eigenvalue weighted by Crippen LogP contribution is -2.42. The van der Waals surface area contributed by atoms with Crippen LogP contribution in [-0.4, -0.2) is 61.6 Å². The molecule has 2 aliphatic rings. The lowest BCUT2D eigenvalue weighted by atomic mass is 9.99. The highest BCUT2D eigenvalue weighted by Gasteiger charge is 2.32. The van der Waals surface area contributed by atoms with Crippen molar-refractivity contribution in [1.29, 1.82) is 0 Å². The number of fused-ring (bicyclic) bond motifs is 3. The van der Waals surface area contributed by atoms with Gasteiger partial charge >= 0.3 is 0 Å². The van der Waals surface area contributed by atoms with Crippen molar-refractivity contribution >= 4 is 5.91 Å². The molecule has 2 heterocycles. The Bertz CT molecular complexity index is 283. The number of nitrogens with zero attached hydrogens (tertiary/aromatic N) is 2. The monoisotopic (exact) mass is 254 g/mol. The molecule has 0 aromatic heterocycles. The number of hydrogen-bond donors (Lipinski definition) is 0. The van der Waals surface area contributed by atoms with Crippen LogP contribution in [0.5, 0.6) is 0 Å². The van der Waals surface area contributed by atoms with E-state index < -0.39 is 0 Å². The third-order valence-electron chi connectivity index (χ3n) is 4.25. The Balaban J connectivity index is 1.91. The van der Waals surface area contributed by atoms with Gasteiger partial charge in [-0.3, -0.25) is 4.79 Å². The molecule has 0 spiro atoms. The number of carbonyl (C=O) groups is 1. The molecule has 0 radical (unpaired) electrons. The lowest BCUT2D eigenvalue weighted by Gasteiger charge is -2.29. The Labute approximate surface area is 110 Å². The van der Waals surface area contributed by atoms with E-state index in [1.165, 1.54) is 19.3 Å². The smallest absolute Gasteiger partial charge is 0.224 e. The van der Waals surface area contributed by atoms with Crippen LogP contribution in [0.2, 0.25) is 0 Å². The number of likely N-dealkylation sites (tertiary alicyclic amines) is 1. The average Bonchev–Trinajstić information content (AvgIpc) is 2.57. The fourth-order valence-corrected chi connectivity index (χ4v) is 3.20. The summed E-state index contributed by atoms with van der Waals surface area (Å²) < 4.78 is 5.28. The molecule has 0 aromatic carbocycles. The third-order valence-corrected chi connectivity index (χ3v) is 4.25. The van der Waals surface area contributed by atoms with Gasteiger partial charge in [-0.05, 0) is 32.7 Å². The van der Waals surface area contributed by atoms with E-state index in [2.05, 4.69) is 16.8 Å². The zero-order valence-corrected chi connectivity index (χ0v) is 11.7. The Morgan fingerprint density at radius 2 is 2.11 bits per heavy atom. The van der Waals surface area contributed by atoms with Gasteiger partial charge < -0.3 is 14.5 Å². The minimum Gasteiger partial charge on any atom is -0.381 e. The van der Waals surface area contributed by atoms with Crippen molar-refractivity contribution in [2.24, 2.45) is 5.92 Å². The number of amides is 1. The summed E-state index contributed by atoms with van der Waals surface area (Å²) in [5.74, 6) is 0.939. The van der Waals surface area contributed by atoms with Crippen molar-refractivity contribution in [2.75, 3.05) is 39.9 Å². The second-order valence-electron chi connectivity index (χ2n) is 5.64. The Morgan fingerprint density at radius 1 is 1.28 bits per heavy atom. The normalized spacial score (nSPS) is 29.1. The summed E-state index contributed by atoms with van der Waals surface area (Å²) in [4.78, 5) is 16.7. The molecular formula is C14H26N2O2. The first-order chi connectivity index (χ1) is 8.70. The number of rotatable bonds is 4. The molecule has 2 atom stereocenters. The van der Waals surface area contributed by atoms with Crippen LogP contribution in [0.25, 0.3) is 0 Å². The second-order valence-corrected chi connectivity index (χ2v) is 5.64. The van der Waals surface area contributed by atoms with E-state index in [9.17, 15) is 4.79 Å². The Morgan fingerprint density at radius 3 is 2.89 bits per heavy atom. The van der Waals surface area contributed by atoms with Crippen LogP contribution in [0.15, 0.2) is 0 Å². The van der Waals surface area contributed by atoms with Gasteiger partial charge in [-0.2, -0.15) is 0 Å². The van der Waals surface area contributed by atoms with Crippen LogP contribution >= 0.6 is 0 Å². The quantitative estimate of drug-likeness (QED) is 0.710. The van der Waals surface area contributed by atoms with Gasteiger partial charge in [0.25, 0.3) is 0 Å². The molecule has 0 unspecified atom stereocenters. The second kappa shape index (κ2) is 6.53. The molecule has 0 N–H and O–H groups in total. The zero-order chi connectivity index (χ0) is 13.0. The van der Waals surface area contributed by atoms with Crippen LogP contribution in [0.4, 0.5) is 0 Å². The van der Waals surface area contributed by atoms with Crippen LogP contribution in [0, 0.1) is 5.92 Å². The topological polar surface area (TPSA) is 32.8 Å². The summed E-state index contributed by atoms with van der Waals surface area (Å²) in [6.45, 7) is 6.25. The maximum absolute atomic E-state index is 12.2. The van der Waals surface area contributed by atoms with Gasteiger partial charge in [0, 0.05) is 32.3 Å². The molecule has 0 saturated carbocycles. The predicted molar refractivity (Wildman–Crippen MR) is 71.4 cm³/mol. The molecule has 2 aliphatic heterocycles. The van der Waals surface area contributed by atoms with Gasteiger partial charge in [0.15, 0.2) is 0 Å². The van der Waals surface area contributed by atoms with E-state index in [4.69, 9.17) is 4.74 Å². The van der Waals surface area contributed by atoms with Gasteiger partial charge in [0.05, 0.1) is 13.0 Å². The molecule has 2 rings (SSSR count). The molecule has 2 bridgehead atoms. The zero-order valence-electron chi connectivity index (χ0n) is 11.7. The fourth-order valence-electron chi connectivity index (χ4n) is 3.20. The molecule has 0 aliphatic carbocycles. The Hall–Kier alpha value is -0.610. The maximum atomic E-state index is 12.2. The molecule has 2 fully saturated rings. The van der Waals surface area contributed by atoms with E-state index in [0.29, 0.717) is 31.6 Å². The first kappa shape index (κ1) is 13.8. The highest BCUT2D eigenvalue weighted by Crippen LogP contribution is 2.25. The average molecular weight is 254 g/mol. The van der Waals surface area contributed by atoms with Crippen molar-refractivity contribution in [3.63, 3.8) is 0 Å². The number of hydrogen-bond acceptors (Lipinski definition) is 3. The minimum absolute atomic E-state index is 0.274. The lowest BCUT2D eigenvalue weighted by molar-refractivity contribution is -0.133. The van der Waals surface area contributed by atoms with Gasteiger partial charge in [0.2, 0.25) is 5.91 Å². The maximum Gasteiger partial charge on any atom is 0.224 e. The van der Waals surface area contributed by atoms with Crippen molar-refractivity contribution in [1.82, 2.24) is 9.80 Å². The summed E-state index contributed by atoms with van der Waals surface area (Å²) in [6, 6.07) is 0.563. The molecule has 104 valence electrons. The molecular weight excluding hydrogens is 228 g/mol. The van der Waals surface area contributed by atoms with Crippen LogP contribution < -0.4 is 0 Å². The first-order valence-electron chi connectivity index (χ1n) is 7.26. The van der Waals surface area contributed by atoms with E-state index in [1.807, 2.05) is 6.92 Å². The standard InChI is InChI=1S/C14H26N2O2/c1-3-18-8-7-14(17)16-10-12-5-4-6-13(11-16)15(2)9-12/h12-13H,3-11H2,1-2H3/t12-,13-/m0/s1. The van der Waals surface area contributed by atoms with Crippen molar-refractivity contribution in [2.45, 2.75) is 38.6 Å². The van der Waals surface area contributed by atoms with Crippen LogP contribution in [-0.2, 0) is 9.53 Å². The summed E-state index contributed by atoms with van der Waals surface area (Å²) in [5, 5.41) is 0. The van der Waals surface area contributed by atoms with E-state index in [0.717, 1.165) is 19.6 Å². The molecule has 4 nitrogen and oxygen atoms in total. The summed E-state index contributed by atoms with van der Waals surface area (Å²) >= 11 is 0. The van der Waals surface area contributed by atoms with Gasteiger partial charge in [-0.25, -0.2) is 0 Å². The van der Waals surface area contributed by atoms with E-state index in [1.54, 1.807) is 0 Å². The van der Waals surface area contributed by atoms with Crippen LogP contribution in [0.3, 0.4) is 0 Å². The highest BCUT2D eigenvalue weighted by atomic mass is 16.5. The van der Waals surface area contributed by atoms with Gasteiger partial charge in [0.1, 0.15) is 0 Å². The molecule has 18 heavy (non-hydrogen) atoms. The van der Waals surface area contributed by atoms with Gasteiger partial charge in [-0.1, -0.05) is 6.42 Å². The van der Waals surface area contributed by atoms with E-state index >= 15 is 0 Å². The van der Waals surface area contributed by atoms with Crippen molar-refractivity contribution in [3.05, 3.63) is 0 Å². The fraction of sp³-hybridized carbons (Fsp3) is 0.929. The van der Waals surface area contributed by atoms with Crippen LogP contribution in [0.1, 0.15) is 32.6 Å². The minimum atomic E-state index is 0.274. The van der Waals surface area contributed by atoms with Crippen molar-refractivity contribution < 1.29 is 9.53 Å².